The number of carboxylic acid groups (broad SMARTS) is 1. The molecular formula is C19H21ClN2O2. The second-order valence-corrected chi connectivity index (χ2v) is 6.62. The van der Waals surface area contributed by atoms with Crippen LogP contribution in [0, 0.1) is 0 Å². The molecule has 0 spiro atoms. The third-order valence-corrected chi connectivity index (χ3v) is 4.83. The Kier molecular flexibility index (Phi) is 5.19. The Morgan fingerprint density at radius 1 is 1.04 bits per heavy atom. The first-order chi connectivity index (χ1) is 11.6. The molecule has 2 aromatic carbocycles. The molecule has 1 N–H and O–H groups in total. The summed E-state index contributed by atoms with van der Waals surface area (Å²) in [5.41, 5.74) is 2.26. The van der Waals surface area contributed by atoms with Gasteiger partial charge in [0.1, 0.15) is 0 Å². The van der Waals surface area contributed by atoms with Crippen molar-refractivity contribution in [3.8, 4) is 0 Å². The van der Waals surface area contributed by atoms with E-state index in [9.17, 15) is 9.90 Å². The van der Waals surface area contributed by atoms with E-state index in [1.54, 1.807) is 12.1 Å². The van der Waals surface area contributed by atoms with Gasteiger partial charge in [-0.3, -0.25) is 4.90 Å². The third-order valence-electron chi connectivity index (χ3n) is 4.57. The van der Waals surface area contributed by atoms with Gasteiger partial charge in [-0.15, -0.1) is 0 Å². The van der Waals surface area contributed by atoms with Crippen LogP contribution in [0.5, 0.6) is 0 Å². The quantitative estimate of drug-likeness (QED) is 0.923. The summed E-state index contributed by atoms with van der Waals surface area (Å²) in [5.74, 6) is -0.890. The van der Waals surface area contributed by atoms with E-state index in [0.717, 1.165) is 37.3 Å². The predicted octanol–water partition coefficient (Wildman–Crippen LogP) is 3.38. The molecule has 1 heterocycles. The molecule has 1 atom stereocenters. The summed E-state index contributed by atoms with van der Waals surface area (Å²) in [6.45, 7) is 3.74. The molecule has 3 rings (SSSR count). The first-order valence-corrected chi connectivity index (χ1v) is 8.44. The van der Waals surface area contributed by atoms with Crippen LogP contribution < -0.4 is 0 Å². The number of piperazine rings is 1. The van der Waals surface area contributed by atoms with Crippen molar-refractivity contribution in [3.63, 3.8) is 0 Å². The number of nitrogens with zero attached hydrogens (tertiary/aromatic N) is 2. The number of aromatic carboxylic acids is 1. The SMILES string of the molecule is CN1CCN(C(c2ccc(Cl)cc2)c2ccccc2C(=O)O)CC1. The molecular weight excluding hydrogens is 324 g/mol. The molecule has 0 bridgehead atoms. The van der Waals surface area contributed by atoms with Gasteiger partial charge in [0.05, 0.1) is 11.6 Å². The van der Waals surface area contributed by atoms with Gasteiger partial charge >= 0.3 is 5.97 Å². The van der Waals surface area contributed by atoms with Crippen LogP contribution in [0.4, 0.5) is 0 Å². The van der Waals surface area contributed by atoms with Crippen molar-refractivity contribution in [1.29, 1.82) is 0 Å². The number of halogens is 1. The number of carbonyl (C=O) groups is 1. The highest BCUT2D eigenvalue weighted by Gasteiger charge is 2.28. The van der Waals surface area contributed by atoms with Crippen LogP contribution in [0.15, 0.2) is 48.5 Å². The molecule has 1 fully saturated rings. The van der Waals surface area contributed by atoms with E-state index in [1.807, 2.05) is 36.4 Å². The van der Waals surface area contributed by atoms with Crippen molar-refractivity contribution >= 4 is 17.6 Å². The fourth-order valence-corrected chi connectivity index (χ4v) is 3.37. The molecule has 0 amide bonds. The highest BCUT2D eigenvalue weighted by molar-refractivity contribution is 6.30. The predicted molar refractivity (Wildman–Crippen MR) is 95.8 cm³/mol. The van der Waals surface area contributed by atoms with Crippen molar-refractivity contribution in [2.45, 2.75) is 6.04 Å². The summed E-state index contributed by atoms with van der Waals surface area (Å²) < 4.78 is 0. The Morgan fingerprint density at radius 2 is 1.67 bits per heavy atom. The summed E-state index contributed by atoms with van der Waals surface area (Å²) >= 11 is 6.03. The van der Waals surface area contributed by atoms with E-state index in [1.165, 1.54) is 0 Å². The fraction of sp³-hybridized carbons (Fsp3) is 0.316. The van der Waals surface area contributed by atoms with E-state index in [0.29, 0.717) is 10.6 Å². The van der Waals surface area contributed by atoms with Gasteiger partial charge in [-0.2, -0.15) is 0 Å². The standard InChI is InChI=1S/C19H21ClN2O2/c1-21-10-12-22(13-11-21)18(14-6-8-15(20)9-7-14)16-4-2-3-5-17(16)19(23)24/h2-9,18H,10-13H2,1H3,(H,23,24). The second-order valence-electron chi connectivity index (χ2n) is 6.19. The summed E-state index contributed by atoms with van der Waals surface area (Å²) in [6.07, 6.45) is 0. The Morgan fingerprint density at radius 3 is 2.29 bits per heavy atom. The normalized spacial score (nSPS) is 17.6. The Bertz CT molecular complexity index is 710. The Hall–Kier alpha value is -1.88. The van der Waals surface area contributed by atoms with Crippen LogP contribution in [-0.4, -0.2) is 54.1 Å². The van der Waals surface area contributed by atoms with Gasteiger partial charge in [-0.05, 0) is 36.4 Å². The van der Waals surface area contributed by atoms with Crippen LogP contribution >= 0.6 is 11.6 Å². The third kappa shape index (κ3) is 3.61. The van der Waals surface area contributed by atoms with Crippen molar-refractivity contribution in [2.75, 3.05) is 33.2 Å². The Balaban J connectivity index is 2.05. The first kappa shape index (κ1) is 17.0. The highest BCUT2D eigenvalue weighted by Crippen LogP contribution is 2.32. The van der Waals surface area contributed by atoms with Crippen molar-refractivity contribution in [3.05, 3.63) is 70.2 Å². The van der Waals surface area contributed by atoms with Crippen LogP contribution in [-0.2, 0) is 0 Å². The van der Waals surface area contributed by atoms with E-state index in [-0.39, 0.29) is 6.04 Å². The molecule has 1 aliphatic heterocycles. The molecule has 126 valence electrons. The van der Waals surface area contributed by atoms with Crippen LogP contribution in [0.1, 0.15) is 27.5 Å². The van der Waals surface area contributed by atoms with Gasteiger partial charge in [-0.1, -0.05) is 41.9 Å². The molecule has 24 heavy (non-hydrogen) atoms. The van der Waals surface area contributed by atoms with Gasteiger partial charge in [0.2, 0.25) is 0 Å². The molecule has 1 unspecified atom stereocenters. The van der Waals surface area contributed by atoms with Gasteiger partial charge < -0.3 is 10.0 Å². The van der Waals surface area contributed by atoms with Crippen molar-refractivity contribution in [2.24, 2.45) is 0 Å². The summed E-state index contributed by atoms with van der Waals surface area (Å²) in [5, 5.41) is 10.3. The van der Waals surface area contributed by atoms with Gasteiger partial charge in [0.15, 0.2) is 0 Å². The van der Waals surface area contributed by atoms with Gasteiger partial charge in [-0.25, -0.2) is 4.79 Å². The van der Waals surface area contributed by atoms with Crippen molar-refractivity contribution < 1.29 is 9.90 Å². The number of likely N-dealkylation sites (N-methyl/N-ethyl adjacent to an activating group) is 1. The molecule has 0 radical (unpaired) electrons. The maximum Gasteiger partial charge on any atom is 0.336 e. The number of rotatable bonds is 4. The molecule has 0 aromatic heterocycles. The van der Waals surface area contributed by atoms with E-state index >= 15 is 0 Å². The smallest absolute Gasteiger partial charge is 0.336 e. The first-order valence-electron chi connectivity index (χ1n) is 8.06. The lowest BCUT2D eigenvalue weighted by Gasteiger charge is -2.39. The maximum atomic E-state index is 11.7. The molecule has 1 aliphatic rings. The number of hydrogen-bond acceptors (Lipinski definition) is 3. The van der Waals surface area contributed by atoms with E-state index in [2.05, 4.69) is 16.8 Å². The lowest BCUT2D eigenvalue weighted by molar-refractivity contribution is 0.0691. The number of benzene rings is 2. The highest BCUT2D eigenvalue weighted by atomic mass is 35.5. The molecule has 0 saturated carbocycles. The van der Waals surface area contributed by atoms with E-state index < -0.39 is 5.97 Å². The topological polar surface area (TPSA) is 43.8 Å². The monoisotopic (exact) mass is 344 g/mol. The zero-order chi connectivity index (χ0) is 17.1. The lowest BCUT2D eigenvalue weighted by Crippen LogP contribution is -2.46. The van der Waals surface area contributed by atoms with Crippen LogP contribution in [0.25, 0.3) is 0 Å². The number of carboxylic acids is 1. The molecule has 1 saturated heterocycles. The lowest BCUT2D eigenvalue weighted by atomic mass is 9.92. The maximum absolute atomic E-state index is 11.7. The average molecular weight is 345 g/mol. The largest absolute Gasteiger partial charge is 0.478 e. The summed E-state index contributed by atoms with van der Waals surface area (Å²) in [6, 6.07) is 14.9. The van der Waals surface area contributed by atoms with Gasteiger partial charge in [0.25, 0.3) is 0 Å². The minimum Gasteiger partial charge on any atom is -0.478 e. The van der Waals surface area contributed by atoms with Crippen LogP contribution in [0.3, 0.4) is 0 Å². The molecule has 4 nitrogen and oxygen atoms in total. The minimum absolute atomic E-state index is 0.0803. The minimum atomic E-state index is -0.890. The fourth-order valence-electron chi connectivity index (χ4n) is 3.24. The second kappa shape index (κ2) is 7.34. The summed E-state index contributed by atoms with van der Waals surface area (Å²) in [7, 11) is 2.11. The number of hydrogen-bond donors (Lipinski definition) is 1. The molecule has 2 aromatic rings. The summed E-state index contributed by atoms with van der Waals surface area (Å²) in [4.78, 5) is 16.3. The average Bonchev–Trinajstić information content (AvgIpc) is 2.59. The zero-order valence-corrected chi connectivity index (χ0v) is 14.4. The molecule has 0 aliphatic carbocycles. The van der Waals surface area contributed by atoms with Crippen molar-refractivity contribution in [1.82, 2.24) is 9.80 Å². The van der Waals surface area contributed by atoms with E-state index in [4.69, 9.17) is 11.6 Å². The van der Waals surface area contributed by atoms with Crippen LogP contribution in [0.2, 0.25) is 5.02 Å². The zero-order valence-electron chi connectivity index (χ0n) is 13.7. The Labute approximate surface area is 147 Å². The molecule has 5 heteroatoms. The van der Waals surface area contributed by atoms with Gasteiger partial charge in [0, 0.05) is 31.2 Å².